The molecule has 248 valence electrons. The lowest BCUT2D eigenvalue weighted by molar-refractivity contribution is 0.237. The van der Waals surface area contributed by atoms with E-state index in [9.17, 15) is 0 Å². The molecule has 0 amide bonds. The van der Waals surface area contributed by atoms with Gasteiger partial charge in [0.05, 0.1) is 0 Å². The van der Waals surface area contributed by atoms with E-state index in [1.165, 1.54) is 112 Å². The third-order valence-electron chi connectivity index (χ3n) is 10.5. The van der Waals surface area contributed by atoms with Crippen molar-refractivity contribution in [3.05, 3.63) is 0 Å². The predicted octanol–water partition coefficient (Wildman–Crippen LogP) is 12.4. The van der Waals surface area contributed by atoms with Gasteiger partial charge < -0.3 is 16.8 Å². The zero-order valence-electron chi connectivity index (χ0n) is 30.3. The van der Waals surface area contributed by atoms with Crippen LogP contribution in [0.15, 0.2) is 0 Å². The molecule has 0 saturated heterocycles. The average Bonchev–Trinajstić information content (AvgIpc) is 2.98. The number of unbranched alkanes of at least 4 members (excludes halogenated alkanes) is 7. The molecule has 0 aliphatic heterocycles. The van der Waals surface area contributed by atoms with E-state index >= 15 is 0 Å². The van der Waals surface area contributed by atoms with E-state index in [0.717, 1.165) is 12.7 Å². The highest BCUT2D eigenvalue weighted by molar-refractivity contribution is 6.92. The maximum Gasteiger partial charge on any atom is 0.469 e. The summed E-state index contributed by atoms with van der Waals surface area (Å²) >= 11 is 0. The Hall–Kier alpha value is 0.924. The summed E-state index contributed by atoms with van der Waals surface area (Å²) in [6, 6.07) is 12.9. The molecule has 0 saturated carbocycles. The van der Waals surface area contributed by atoms with Crippen molar-refractivity contribution in [1.29, 1.82) is 0 Å². The molecular formula is C32H76O4Si5. The first-order chi connectivity index (χ1) is 19.4. The molecule has 0 radical (unpaired) electrons. The standard InChI is InChI=1S/C32H76O4Si5/c1-13-33-37(11,12)31-29-27-25-23-24-26-28-30-32-41(34-38(14-2,15-3)16-4,35-39(17-5,18-6)19-7)36-40(20-8,21-9)22-10/h13-32H2,1-12H3. The Kier molecular flexibility index (Phi) is 22.1. The third kappa shape index (κ3) is 14.7. The van der Waals surface area contributed by atoms with Crippen LogP contribution in [0.1, 0.15) is 121 Å². The fraction of sp³-hybridized carbons (Fsp3) is 1.00. The van der Waals surface area contributed by atoms with E-state index in [1.807, 2.05) is 0 Å². The normalized spacial score (nSPS) is 13.8. The van der Waals surface area contributed by atoms with E-state index in [2.05, 4.69) is 82.3 Å². The van der Waals surface area contributed by atoms with Gasteiger partial charge in [0, 0.05) is 12.7 Å². The maximum atomic E-state index is 7.61. The quantitative estimate of drug-likeness (QED) is 0.0616. The van der Waals surface area contributed by atoms with Gasteiger partial charge in [-0.25, -0.2) is 0 Å². The second-order valence-electron chi connectivity index (χ2n) is 13.2. The highest BCUT2D eigenvalue weighted by Crippen LogP contribution is 2.39. The predicted molar refractivity (Wildman–Crippen MR) is 196 cm³/mol. The highest BCUT2D eigenvalue weighted by atomic mass is 28.5. The Morgan fingerprint density at radius 3 is 0.902 bits per heavy atom. The van der Waals surface area contributed by atoms with Crippen LogP contribution in [-0.2, 0) is 16.8 Å². The van der Waals surface area contributed by atoms with Crippen LogP contribution in [0.5, 0.6) is 0 Å². The van der Waals surface area contributed by atoms with Crippen LogP contribution >= 0.6 is 0 Å². The van der Waals surface area contributed by atoms with Crippen molar-refractivity contribution < 1.29 is 16.8 Å². The Labute approximate surface area is 264 Å². The summed E-state index contributed by atoms with van der Waals surface area (Å²) in [5.41, 5.74) is 0. The molecule has 0 rings (SSSR count). The summed E-state index contributed by atoms with van der Waals surface area (Å²) < 4.78 is 28.8. The molecule has 0 aromatic rings. The fourth-order valence-corrected chi connectivity index (χ4v) is 29.7. The van der Waals surface area contributed by atoms with Crippen LogP contribution in [0.2, 0.25) is 79.6 Å². The topological polar surface area (TPSA) is 36.9 Å². The Morgan fingerprint density at radius 1 is 0.366 bits per heavy atom. The zero-order chi connectivity index (χ0) is 31.5. The van der Waals surface area contributed by atoms with Crippen LogP contribution in [0.4, 0.5) is 0 Å². The second-order valence-corrected chi connectivity index (χ2v) is 35.3. The monoisotopic (exact) mass is 664 g/mol. The smallest absolute Gasteiger partial charge is 0.418 e. The maximum absolute atomic E-state index is 7.61. The molecular weight excluding hydrogens is 589 g/mol. The lowest BCUT2D eigenvalue weighted by Crippen LogP contribution is -2.64. The van der Waals surface area contributed by atoms with Crippen LogP contribution in [0.25, 0.3) is 0 Å². The van der Waals surface area contributed by atoms with E-state index in [0.29, 0.717) is 0 Å². The minimum Gasteiger partial charge on any atom is -0.418 e. The summed E-state index contributed by atoms with van der Waals surface area (Å²) in [6.45, 7) is 29.1. The first-order valence-corrected chi connectivity index (χ1v) is 30.8. The molecule has 0 atom stereocenters. The van der Waals surface area contributed by atoms with Gasteiger partial charge in [0.15, 0.2) is 33.3 Å². The van der Waals surface area contributed by atoms with Gasteiger partial charge in [-0.2, -0.15) is 0 Å². The lowest BCUT2D eigenvalue weighted by Gasteiger charge is -2.48. The number of hydrogen-bond acceptors (Lipinski definition) is 4. The molecule has 0 bridgehead atoms. The van der Waals surface area contributed by atoms with Crippen molar-refractivity contribution >= 4 is 42.1 Å². The van der Waals surface area contributed by atoms with Crippen LogP contribution < -0.4 is 0 Å². The van der Waals surface area contributed by atoms with Gasteiger partial charge in [0.2, 0.25) is 0 Å². The Morgan fingerprint density at radius 2 is 0.634 bits per heavy atom. The Balaban J connectivity index is 5.62. The van der Waals surface area contributed by atoms with Gasteiger partial charge in [0.25, 0.3) is 0 Å². The molecule has 0 N–H and O–H groups in total. The van der Waals surface area contributed by atoms with E-state index in [4.69, 9.17) is 16.8 Å². The molecule has 0 aromatic carbocycles. The number of hydrogen-bond donors (Lipinski definition) is 0. The van der Waals surface area contributed by atoms with Gasteiger partial charge in [-0.15, -0.1) is 0 Å². The van der Waals surface area contributed by atoms with Crippen molar-refractivity contribution in [2.75, 3.05) is 6.61 Å². The summed E-state index contributed by atoms with van der Waals surface area (Å²) in [5.74, 6) is 0. The van der Waals surface area contributed by atoms with Crippen molar-refractivity contribution in [3.63, 3.8) is 0 Å². The first kappa shape index (κ1) is 41.9. The largest absolute Gasteiger partial charge is 0.469 e. The minimum atomic E-state index is -2.82. The average molecular weight is 665 g/mol. The van der Waals surface area contributed by atoms with E-state index < -0.39 is 42.1 Å². The van der Waals surface area contributed by atoms with Crippen LogP contribution in [0, 0.1) is 0 Å². The first-order valence-electron chi connectivity index (χ1n) is 18.2. The molecule has 9 heteroatoms. The summed E-state index contributed by atoms with van der Waals surface area (Å²) in [5, 5.41) is 0. The summed E-state index contributed by atoms with van der Waals surface area (Å²) in [7, 11) is -9.91. The van der Waals surface area contributed by atoms with Gasteiger partial charge in [-0.1, -0.05) is 107 Å². The van der Waals surface area contributed by atoms with Gasteiger partial charge >= 0.3 is 8.80 Å². The molecule has 41 heavy (non-hydrogen) atoms. The minimum absolute atomic E-state index is 0.875. The SMILES string of the molecule is CCO[Si](C)(C)CCCCCCCCCC[Si](O[Si](CC)(CC)CC)(O[Si](CC)(CC)CC)O[Si](CC)(CC)CC. The van der Waals surface area contributed by atoms with Gasteiger partial charge in [-0.3, -0.25) is 0 Å². The molecule has 0 heterocycles. The molecule has 0 spiro atoms. The fourth-order valence-electron chi connectivity index (χ4n) is 6.52. The molecule has 0 aromatic heterocycles. The van der Waals surface area contributed by atoms with Crippen molar-refractivity contribution in [3.8, 4) is 0 Å². The number of rotatable bonds is 28. The molecule has 0 unspecified atom stereocenters. The lowest BCUT2D eigenvalue weighted by atomic mass is 10.1. The van der Waals surface area contributed by atoms with Crippen LogP contribution in [0.3, 0.4) is 0 Å². The Bertz CT molecular complexity index is 558. The summed E-state index contributed by atoms with van der Waals surface area (Å²) in [6.07, 6.45) is 10.6. The van der Waals surface area contributed by atoms with Gasteiger partial charge in [0.1, 0.15) is 0 Å². The van der Waals surface area contributed by atoms with Crippen LogP contribution in [-0.4, -0.2) is 48.7 Å². The van der Waals surface area contributed by atoms with Crippen molar-refractivity contribution in [1.82, 2.24) is 0 Å². The highest BCUT2D eigenvalue weighted by Gasteiger charge is 2.54. The van der Waals surface area contributed by atoms with Crippen molar-refractivity contribution in [2.24, 2.45) is 0 Å². The molecule has 4 nitrogen and oxygen atoms in total. The van der Waals surface area contributed by atoms with E-state index in [1.54, 1.807) is 0 Å². The van der Waals surface area contributed by atoms with Crippen molar-refractivity contribution in [2.45, 2.75) is 200 Å². The summed E-state index contributed by atoms with van der Waals surface area (Å²) in [4.78, 5) is 0. The molecule has 0 fully saturated rings. The molecule has 0 aliphatic rings. The van der Waals surface area contributed by atoms with Gasteiger partial charge in [-0.05, 0) is 86.9 Å². The zero-order valence-corrected chi connectivity index (χ0v) is 35.3. The molecule has 0 aliphatic carbocycles. The second kappa shape index (κ2) is 21.6. The van der Waals surface area contributed by atoms with E-state index in [-0.39, 0.29) is 0 Å². The third-order valence-corrected chi connectivity index (χ3v) is 34.6.